The van der Waals surface area contributed by atoms with E-state index in [0.29, 0.717) is 0 Å². The standard InChI is InChI=1S/C12H23NO3.ClH/c1-16-10-6-2-4-8-13-9-5-3-7-11(13)12(14)15;/h11H,2-10H2,1H3,(H,14,15);1H. The predicted octanol–water partition coefficient (Wildman–Crippen LogP) is 2.16. The van der Waals surface area contributed by atoms with Gasteiger partial charge in [-0.15, -0.1) is 12.4 Å². The molecule has 102 valence electrons. The molecular weight excluding hydrogens is 242 g/mol. The van der Waals surface area contributed by atoms with Crippen molar-refractivity contribution in [3.63, 3.8) is 0 Å². The minimum absolute atomic E-state index is 0. The molecular formula is C12H24ClNO3. The average molecular weight is 266 g/mol. The summed E-state index contributed by atoms with van der Waals surface area (Å²) in [5.41, 5.74) is 0. The molecule has 5 heteroatoms. The number of ether oxygens (including phenoxy) is 1. The number of carboxylic acids is 1. The zero-order valence-electron chi connectivity index (χ0n) is 10.6. The number of carbonyl (C=O) groups is 1. The number of nitrogens with zero attached hydrogens (tertiary/aromatic N) is 1. The molecule has 0 bridgehead atoms. The lowest BCUT2D eigenvalue weighted by molar-refractivity contribution is -0.144. The number of unbranched alkanes of at least 4 members (excludes halogenated alkanes) is 2. The highest BCUT2D eigenvalue weighted by Gasteiger charge is 2.27. The molecule has 0 amide bonds. The minimum atomic E-state index is -0.656. The molecule has 1 rings (SSSR count). The molecule has 4 nitrogen and oxygen atoms in total. The summed E-state index contributed by atoms with van der Waals surface area (Å²) in [5, 5.41) is 9.09. The second kappa shape index (κ2) is 9.68. The van der Waals surface area contributed by atoms with Crippen LogP contribution in [0.3, 0.4) is 0 Å². The Labute approximate surface area is 110 Å². The van der Waals surface area contributed by atoms with Gasteiger partial charge in [-0.05, 0) is 45.2 Å². The quantitative estimate of drug-likeness (QED) is 0.717. The average Bonchev–Trinajstić information content (AvgIpc) is 2.29. The van der Waals surface area contributed by atoms with Crippen LogP contribution < -0.4 is 0 Å². The summed E-state index contributed by atoms with van der Waals surface area (Å²) in [4.78, 5) is 13.2. The van der Waals surface area contributed by atoms with Crippen molar-refractivity contribution in [2.24, 2.45) is 0 Å². The maximum absolute atomic E-state index is 11.0. The second-order valence-electron chi connectivity index (χ2n) is 4.44. The van der Waals surface area contributed by atoms with E-state index in [-0.39, 0.29) is 18.4 Å². The van der Waals surface area contributed by atoms with Crippen LogP contribution in [0.5, 0.6) is 0 Å². The van der Waals surface area contributed by atoms with Crippen molar-refractivity contribution >= 4 is 18.4 Å². The van der Waals surface area contributed by atoms with E-state index in [2.05, 4.69) is 4.90 Å². The second-order valence-corrected chi connectivity index (χ2v) is 4.44. The third-order valence-electron chi connectivity index (χ3n) is 3.19. The van der Waals surface area contributed by atoms with Gasteiger partial charge >= 0.3 is 5.97 Å². The molecule has 1 saturated heterocycles. The number of piperidine rings is 1. The van der Waals surface area contributed by atoms with Crippen LogP contribution in [-0.2, 0) is 9.53 Å². The summed E-state index contributed by atoms with van der Waals surface area (Å²) >= 11 is 0. The van der Waals surface area contributed by atoms with Crippen molar-refractivity contribution in [2.45, 2.75) is 44.6 Å². The molecule has 1 aliphatic rings. The number of carboxylic acid groups (broad SMARTS) is 1. The molecule has 1 heterocycles. The molecule has 0 aromatic heterocycles. The van der Waals surface area contributed by atoms with E-state index in [9.17, 15) is 4.79 Å². The first kappa shape index (κ1) is 16.7. The Bertz CT molecular complexity index is 214. The van der Waals surface area contributed by atoms with Crippen molar-refractivity contribution in [3.8, 4) is 0 Å². The first-order valence-corrected chi connectivity index (χ1v) is 6.21. The van der Waals surface area contributed by atoms with Crippen LogP contribution in [0.4, 0.5) is 0 Å². The normalized spacial score (nSPS) is 20.9. The zero-order valence-corrected chi connectivity index (χ0v) is 11.4. The van der Waals surface area contributed by atoms with Crippen LogP contribution in [0.1, 0.15) is 38.5 Å². The van der Waals surface area contributed by atoms with Gasteiger partial charge in [-0.2, -0.15) is 0 Å². The molecule has 0 saturated carbocycles. The van der Waals surface area contributed by atoms with E-state index >= 15 is 0 Å². The summed E-state index contributed by atoms with van der Waals surface area (Å²) < 4.78 is 4.99. The van der Waals surface area contributed by atoms with Crippen LogP contribution in [0.15, 0.2) is 0 Å². The Morgan fingerprint density at radius 3 is 2.76 bits per heavy atom. The monoisotopic (exact) mass is 265 g/mol. The van der Waals surface area contributed by atoms with Gasteiger partial charge in [-0.3, -0.25) is 9.69 Å². The van der Waals surface area contributed by atoms with E-state index in [1.54, 1.807) is 7.11 Å². The SMILES string of the molecule is COCCCCCN1CCCCC1C(=O)O.Cl. The largest absolute Gasteiger partial charge is 0.480 e. The van der Waals surface area contributed by atoms with Gasteiger partial charge in [-0.25, -0.2) is 0 Å². The topological polar surface area (TPSA) is 49.8 Å². The predicted molar refractivity (Wildman–Crippen MR) is 69.8 cm³/mol. The lowest BCUT2D eigenvalue weighted by Gasteiger charge is -2.32. The van der Waals surface area contributed by atoms with Gasteiger partial charge in [-0.1, -0.05) is 6.42 Å². The van der Waals surface area contributed by atoms with Gasteiger partial charge < -0.3 is 9.84 Å². The van der Waals surface area contributed by atoms with Gasteiger partial charge in [0.05, 0.1) is 0 Å². The highest BCUT2D eigenvalue weighted by molar-refractivity contribution is 5.85. The Morgan fingerprint density at radius 1 is 1.35 bits per heavy atom. The van der Waals surface area contributed by atoms with Gasteiger partial charge in [0.2, 0.25) is 0 Å². The van der Waals surface area contributed by atoms with Crippen molar-refractivity contribution in [1.82, 2.24) is 4.90 Å². The van der Waals surface area contributed by atoms with Crippen molar-refractivity contribution in [1.29, 1.82) is 0 Å². The van der Waals surface area contributed by atoms with E-state index in [0.717, 1.165) is 58.2 Å². The Morgan fingerprint density at radius 2 is 2.12 bits per heavy atom. The first-order valence-electron chi connectivity index (χ1n) is 6.21. The summed E-state index contributed by atoms with van der Waals surface area (Å²) in [6, 6.07) is -0.240. The Hall–Kier alpha value is -0.320. The van der Waals surface area contributed by atoms with Gasteiger partial charge in [0, 0.05) is 13.7 Å². The third-order valence-corrected chi connectivity index (χ3v) is 3.19. The van der Waals surface area contributed by atoms with Crippen LogP contribution in [0, 0.1) is 0 Å². The van der Waals surface area contributed by atoms with E-state index in [1.807, 2.05) is 0 Å². The molecule has 1 aliphatic heterocycles. The summed E-state index contributed by atoms with van der Waals surface area (Å²) in [7, 11) is 1.71. The van der Waals surface area contributed by atoms with E-state index in [1.165, 1.54) is 0 Å². The molecule has 0 spiro atoms. The van der Waals surface area contributed by atoms with Crippen LogP contribution in [-0.4, -0.2) is 48.8 Å². The lowest BCUT2D eigenvalue weighted by atomic mass is 10.0. The van der Waals surface area contributed by atoms with Gasteiger partial charge in [0.1, 0.15) is 6.04 Å². The van der Waals surface area contributed by atoms with Crippen LogP contribution in [0.2, 0.25) is 0 Å². The fourth-order valence-electron chi connectivity index (χ4n) is 2.28. The molecule has 0 radical (unpaired) electrons. The fourth-order valence-corrected chi connectivity index (χ4v) is 2.28. The smallest absolute Gasteiger partial charge is 0.320 e. The fraction of sp³-hybridized carbons (Fsp3) is 0.917. The third kappa shape index (κ3) is 6.24. The molecule has 17 heavy (non-hydrogen) atoms. The molecule has 0 aromatic carbocycles. The number of aliphatic carboxylic acids is 1. The van der Waals surface area contributed by atoms with Crippen molar-refractivity contribution < 1.29 is 14.6 Å². The van der Waals surface area contributed by atoms with Crippen LogP contribution >= 0.6 is 12.4 Å². The van der Waals surface area contributed by atoms with Crippen molar-refractivity contribution in [3.05, 3.63) is 0 Å². The lowest BCUT2D eigenvalue weighted by Crippen LogP contribution is -2.44. The Kier molecular flexibility index (Phi) is 9.50. The van der Waals surface area contributed by atoms with Crippen LogP contribution in [0.25, 0.3) is 0 Å². The molecule has 0 aliphatic carbocycles. The maximum Gasteiger partial charge on any atom is 0.320 e. The molecule has 1 N–H and O–H groups in total. The number of rotatable bonds is 7. The summed E-state index contributed by atoms with van der Waals surface area (Å²) in [6.45, 7) is 2.67. The number of halogens is 1. The molecule has 0 aromatic rings. The van der Waals surface area contributed by atoms with Gasteiger partial charge in [0.25, 0.3) is 0 Å². The highest BCUT2D eigenvalue weighted by Crippen LogP contribution is 2.17. The zero-order chi connectivity index (χ0) is 11.8. The summed E-state index contributed by atoms with van der Waals surface area (Å²) in [5.74, 6) is -0.656. The number of likely N-dealkylation sites (tertiary alicyclic amines) is 1. The van der Waals surface area contributed by atoms with Gasteiger partial charge in [0.15, 0.2) is 0 Å². The number of methoxy groups -OCH3 is 1. The molecule has 1 fully saturated rings. The van der Waals surface area contributed by atoms with E-state index < -0.39 is 5.97 Å². The first-order chi connectivity index (χ1) is 7.75. The Balaban J connectivity index is 0.00000256. The van der Waals surface area contributed by atoms with Crippen molar-refractivity contribution in [2.75, 3.05) is 26.8 Å². The highest BCUT2D eigenvalue weighted by atomic mass is 35.5. The number of hydrogen-bond acceptors (Lipinski definition) is 3. The number of hydrogen-bond donors (Lipinski definition) is 1. The molecule has 1 atom stereocenters. The minimum Gasteiger partial charge on any atom is -0.480 e. The summed E-state index contributed by atoms with van der Waals surface area (Å²) in [6.07, 6.45) is 6.28. The molecule has 1 unspecified atom stereocenters. The maximum atomic E-state index is 11.0. The van der Waals surface area contributed by atoms with E-state index in [4.69, 9.17) is 9.84 Å².